The summed E-state index contributed by atoms with van der Waals surface area (Å²) in [4.78, 5) is 15.3. The zero-order valence-electron chi connectivity index (χ0n) is 18.6. The second-order valence-corrected chi connectivity index (χ2v) is 8.99. The lowest BCUT2D eigenvalue weighted by atomic mass is 9.92. The molecule has 0 unspecified atom stereocenters. The number of hydrogen-bond donors (Lipinski definition) is 3. The monoisotopic (exact) mass is 441 g/mol. The summed E-state index contributed by atoms with van der Waals surface area (Å²) in [6, 6.07) is 9.34. The van der Waals surface area contributed by atoms with Gasteiger partial charge in [0.2, 0.25) is 5.95 Å². The first-order valence-electron chi connectivity index (χ1n) is 11.6. The number of nitrogens with one attached hydrogen (secondary N) is 2. The summed E-state index contributed by atoms with van der Waals surface area (Å²) in [6.07, 6.45) is 7.17. The van der Waals surface area contributed by atoms with Crippen molar-refractivity contribution in [2.45, 2.75) is 38.1 Å². The molecule has 0 aliphatic carbocycles. The summed E-state index contributed by atoms with van der Waals surface area (Å²) < 4.78 is 0. The zero-order valence-corrected chi connectivity index (χ0v) is 18.6. The van der Waals surface area contributed by atoms with Gasteiger partial charge in [-0.15, -0.1) is 10.2 Å². The highest BCUT2D eigenvalue weighted by Crippen LogP contribution is 2.38. The molecule has 3 aromatic heterocycles. The molecule has 2 aliphatic heterocycles. The van der Waals surface area contributed by atoms with Gasteiger partial charge in [0.1, 0.15) is 5.75 Å². The van der Waals surface area contributed by atoms with Crippen LogP contribution < -0.4 is 10.2 Å². The Hall–Kier alpha value is -3.52. The molecular weight excluding hydrogens is 414 g/mol. The molecule has 168 valence electrons. The van der Waals surface area contributed by atoms with Gasteiger partial charge in [-0.3, -0.25) is 0 Å². The minimum absolute atomic E-state index is 0.0913. The van der Waals surface area contributed by atoms with Gasteiger partial charge in [-0.25, -0.2) is 9.97 Å². The summed E-state index contributed by atoms with van der Waals surface area (Å²) in [7, 11) is 0. The number of para-hydroxylation sites is 1. The number of anilines is 1. The highest BCUT2D eigenvalue weighted by Gasteiger charge is 2.30. The number of rotatable bonds is 3. The Morgan fingerprint density at radius 3 is 2.64 bits per heavy atom. The first-order chi connectivity index (χ1) is 16.2. The van der Waals surface area contributed by atoms with Gasteiger partial charge in [0.25, 0.3) is 0 Å². The molecule has 1 fully saturated rings. The zero-order chi connectivity index (χ0) is 22.4. The van der Waals surface area contributed by atoms with E-state index >= 15 is 0 Å². The van der Waals surface area contributed by atoms with E-state index in [4.69, 9.17) is 9.97 Å². The van der Waals surface area contributed by atoms with Crippen LogP contribution in [0.1, 0.15) is 48.5 Å². The fraction of sp³-hybridized carbons (Fsp3) is 0.360. The number of phenolic OH excluding ortho intramolecular Hbond substituents is 1. The Bertz CT molecular complexity index is 1290. The number of aromatic amines is 1. The van der Waals surface area contributed by atoms with E-state index in [9.17, 15) is 5.11 Å². The number of benzene rings is 1. The van der Waals surface area contributed by atoms with Crippen LogP contribution >= 0.6 is 0 Å². The molecule has 0 bridgehead atoms. The smallest absolute Gasteiger partial charge is 0.225 e. The molecule has 33 heavy (non-hydrogen) atoms. The van der Waals surface area contributed by atoms with Crippen LogP contribution in [0.25, 0.3) is 22.3 Å². The van der Waals surface area contributed by atoms with Crippen molar-refractivity contribution in [3.8, 4) is 17.0 Å². The maximum atomic E-state index is 10.3. The first-order valence-corrected chi connectivity index (χ1v) is 11.6. The number of nitrogens with zero attached hydrogens (tertiary/aromatic N) is 5. The predicted octanol–water partition coefficient (Wildman–Crippen LogP) is 3.71. The molecular formula is C25H27N7O. The van der Waals surface area contributed by atoms with Crippen molar-refractivity contribution in [3.05, 3.63) is 59.5 Å². The normalized spacial score (nSPS) is 19.1. The van der Waals surface area contributed by atoms with E-state index in [1.54, 1.807) is 12.1 Å². The lowest BCUT2D eigenvalue weighted by Crippen LogP contribution is -2.35. The van der Waals surface area contributed by atoms with Gasteiger partial charge in [0.05, 0.1) is 11.7 Å². The quantitative estimate of drug-likeness (QED) is 0.445. The van der Waals surface area contributed by atoms with Crippen molar-refractivity contribution in [1.29, 1.82) is 0 Å². The van der Waals surface area contributed by atoms with Gasteiger partial charge in [-0.05, 0) is 62.5 Å². The Kier molecular flexibility index (Phi) is 4.95. The number of hydrogen-bond acceptors (Lipinski definition) is 7. The van der Waals surface area contributed by atoms with Gasteiger partial charge >= 0.3 is 0 Å². The van der Waals surface area contributed by atoms with E-state index in [1.807, 2.05) is 30.6 Å². The Balaban J connectivity index is 1.33. The van der Waals surface area contributed by atoms with E-state index in [0.717, 1.165) is 55.9 Å². The standard InChI is InChI=1S/C25H27N7O/c1-15-23-19-12-21(18-4-2-3-5-22(18)33)30-31-24(19)29-20(23)8-11-32(15)25-27-13-17(14-28-25)16-6-9-26-10-7-16/h2-5,12-16,26,33H,6-11H2,1H3,(H,29,31)/t15-/m0/s1. The number of aromatic nitrogens is 5. The van der Waals surface area contributed by atoms with Gasteiger partial charge < -0.3 is 20.3 Å². The molecule has 0 spiro atoms. The minimum atomic E-state index is 0.0913. The fourth-order valence-electron chi connectivity index (χ4n) is 5.26. The van der Waals surface area contributed by atoms with Crippen LogP contribution in [0.4, 0.5) is 5.95 Å². The predicted molar refractivity (Wildman–Crippen MR) is 127 cm³/mol. The summed E-state index contributed by atoms with van der Waals surface area (Å²) in [5.74, 6) is 1.52. The topological polar surface area (TPSA) is 103 Å². The fourth-order valence-corrected chi connectivity index (χ4v) is 5.26. The average molecular weight is 442 g/mol. The Labute approximate surface area is 192 Å². The van der Waals surface area contributed by atoms with Crippen LogP contribution in [0, 0.1) is 0 Å². The molecule has 1 aromatic carbocycles. The number of fused-ring (bicyclic) bond motifs is 3. The highest BCUT2D eigenvalue weighted by atomic mass is 16.3. The molecule has 1 saturated heterocycles. The van der Waals surface area contributed by atoms with Crippen molar-refractivity contribution in [2.75, 3.05) is 24.5 Å². The van der Waals surface area contributed by atoms with E-state index in [2.05, 4.69) is 32.3 Å². The summed E-state index contributed by atoms with van der Waals surface area (Å²) in [5.41, 5.74) is 5.74. The van der Waals surface area contributed by atoms with Gasteiger partial charge in [-0.2, -0.15) is 0 Å². The molecule has 6 rings (SSSR count). The van der Waals surface area contributed by atoms with Crippen molar-refractivity contribution in [1.82, 2.24) is 30.5 Å². The SMILES string of the molecule is C[C@H]1c2c([nH]c3nnc(-c4ccccc4O)cc23)CCN1c1ncc(C2CCNCC2)cn1. The first kappa shape index (κ1) is 20.1. The maximum Gasteiger partial charge on any atom is 0.225 e. The summed E-state index contributed by atoms with van der Waals surface area (Å²) in [6.45, 7) is 5.15. The minimum Gasteiger partial charge on any atom is -0.507 e. The molecule has 8 nitrogen and oxygen atoms in total. The Morgan fingerprint density at radius 1 is 1.06 bits per heavy atom. The van der Waals surface area contributed by atoms with Crippen molar-refractivity contribution in [3.63, 3.8) is 0 Å². The van der Waals surface area contributed by atoms with Crippen molar-refractivity contribution < 1.29 is 5.11 Å². The van der Waals surface area contributed by atoms with Crippen LogP contribution in [-0.2, 0) is 6.42 Å². The molecule has 5 heterocycles. The van der Waals surface area contributed by atoms with Crippen LogP contribution in [0.3, 0.4) is 0 Å². The molecule has 4 aromatic rings. The van der Waals surface area contributed by atoms with E-state index < -0.39 is 0 Å². The van der Waals surface area contributed by atoms with Crippen LogP contribution in [0.5, 0.6) is 5.75 Å². The summed E-state index contributed by atoms with van der Waals surface area (Å²) in [5, 5.41) is 23.5. The number of phenols is 1. The molecule has 3 N–H and O–H groups in total. The van der Waals surface area contributed by atoms with Crippen molar-refractivity contribution in [2.24, 2.45) is 0 Å². The Morgan fingerprint density at radius 2 is 1.85 bits per heavy atom. The largest absolute Gasteiger partial charge is 0.507 e. The number of aromatic hydroxyl groups is 1. The lowest BCUT2D eigenvalue weighted by Gasteiger charge is -2.34. The average Bonchev–Trinajstić information content (AvgIpc) is 3.24. The molecule has 0 amide bonds. The maximum absolute atomic E-state index is 10.3. The van der Waals surface area contributed by atoms with Gasteiger partial charge in [0.15, 0.2) is 5.65 Å². The second kappa shape index (κ2) is 8.12. The molecule has 1 atom stereocenters. The molecule has 8 heteroatoms. The third-order valence-electron chi connectivity index (χ3n) is 7.07. The highest BCUT2D eigenvalue weighted by molar-refractivity contribution is 5.86. The molecule has 2 aliphatic rings. The second-order valence-electron chi connectivity index (χ2n) is 8.99. The molecule has 0 saturated carbocycles. The summed E-state index contributed by atoms with van der Waals surface area (Å²) >= 11 is 0. The number of piperidine rings is 1. The third-order valence-corrected chi connectivity index (χ3v) is 7.07. The van der Waals surface area contributed by atoms with Crippen LogP contribution in [0.2, 0.25) is 0 Å². The van der Waals surface area contributed by atoms with E-state index in [0.29, 0.717) is 17.2 Å². The van der Waals surface area contributed by atoms with Gasteiger partial charge in [0, 0.05) is 47.6 Å². The molecule has 0 radical (unpaired) electrons. The van der Waals surface area contributed by atoms with Gasteiger partial charge in [-0.1, -0.05) is 12.1 Å². The lowest BCUT2D eigenvalue weighted by molar-refractivity contribution is 0.458. The van der Waals surface area contributed by atoms with Crippen molar-refractivity contribution >= 4 is 17.0 Å². The van der Waals surface area contributed by atoms with E-state index in [-0.39, 0.29) is 11.8 Å². The third kappa shape index (κ3) is 3.51. The number of H-pyrrole nitrogens is 1. The van der Waals surface area contributed by atoms with Crippen LogP contribution in [0.15, 0.2) is 42.7 Å². The van der Waals surface area contributed by atoms with Crippen LogP contribution in [-0.4, -0.2) is 49.9 Å². The van der Waals surface area contributed by atoms with E-state index in [1.165, 1.54) is 16.8 Å².